The van der Waals surface area contributed by atoms with Gasteiger partial charge in [0.1, 0.15) is 0 Å². The van der Waals surface area contributed by atoms with Crippen LogP contribution in [0.3, 0.4) is 0 Å². The van der Waals surface area contributed by atoms with Crippen LogP contribution >= 0.6 is 15.9 Å². The molecular weight excluding hydrogens is 467 g/mol. The summed E-state index contributed by atoms with van der Waals surface area (Å²) < 4.78 is 66.7. The molecule has 152 valence electrons. The number of hydrogen-bond donors (Lipinski definition) is 1. The zero-order valence-corrected chi connectivity index (χ0v) is 17.4. The number of alkyl halides is 4. The molecule has 3 aromatic carbocycles. The van der Waals surface area contributed by atoms with Crippen molar-refractivity contribution in [3.63, 3.8) is 0 Å². The Morgan fingerprint density at radius 2 is 1.24 bits per heavy atom. The lowest BCUT2D eigenvalue weighted by molar-refractivity contribution is -0.137. The summed E-state index contributed by atoms with van der Waals surface area (Å²) in [5.41, 5.74) is 0.670. The fourth-order valence-electron chi connectivity index (χ4n) is 2.84. The first kappa shape index (κ1) is 21.5. The van der Waals surface area contributed by atoms with E-state index >= 15 is 0 Å². The fourth-order valence-corrected chi connectivity index (χ4v) is 5.00. The van der Waals surface area contributed by atoms with Gasteiger partial charge in [-0.2, -0.15) is 13.2 Å². The lowest BCUT2D eigenvalue weighted by Gasteiger charge is -2.25. The Morgan fingerprint density at radius 3 is 1.72 bits per heavy atom. The van der Waals surface area contributed by atoms with Crippen LogP contribution in [0.15, 0.2) is 89.8 Å². The molecule has 3 rings (SSSR count). The van der Waals surface area contributed by atoms with Gasteiger partial charge < -0.3 is 0 Å². The number of rotatable bonds is 6. The van der Waals surface area contributed by atoms with E-state index in [4.69, 9.17) is 0 Å². The van der Waals surface area contributed by atoms with Crippen LogP contribution in [0.5, 0.6) is 0 Å². The van der Waals surface area contributed by atoms with Crippen LogP contribution in [0.25, 0.3) is 0 Å². The van der Waals surface area contributed by atoms with Gasteiger partial charge in [0.25, 0.3) is 0 Å². The number of hydrogen-bond acceptors (Lipinski definition) is 2. The van der Waals surface area contributed by atoms with Crippen molar-refractivity contribution in [2.24, 2.45) is 0 Å². The summed E-state index contributed by atoms with van der Waals surface area (Å²) in [6.45, 7) is 0. The molecule has 0 bridgehead atoms. The normalized spacial score (nSPS) is 14.3. The third-order valence-corrected chi connectivity index (χ3v) is 6.86. The van der Waals surface area contributed by atoms with Crippen molar-refractivity contribution in [3.8, 4) is 0 Å². The van der Waals surface area contributed by atoms with Crippen molar-refractivity contribution in [1.29, 1.82) is 0 Å². The molecule has 0 heterocycles. The summed E-state index contributed by atoms with van der Waals surface area (Å²) in [6.07, 6.45) is -4.53. The van der Waals surface area contributed by atoms with Crippen molar-refractivity contribution in [2.75, 3.05) is 0 Å². The summed E-state index contributed by atoms with van der Waals surface area (Å²) in [5, 5.41) is 0. The summed E-state index contributed by atoms with van der Waals surface area (Å²) >= 11 is 3.58. The summed E-state index contributed by atoms with van der Waals surface area (Å²) in [7, 11) is -4.07. The highest BCUT2D eigenvalue weighted by atomic mass is 79.9. The summed E-state index contributed by atoms with van der Waals surface area (Å²) in [6, 6.07) is 21.0. The van der Waals surface area contributed by atoms with Gasteiger partial charge in [0, 0.05) is 0 Å². The molecule has 1 unspecified atom stereocenters. The van der Waals surface area contributed by atoms with Gasteiger partial charge in [-0.3, -0.25) is 0 Å². The van der Waals surface area contributed by atoms with E-state index in [1.54, 1.807) is 24.3 Å². The number of benzene rings is 3. The second-order valence-corrected chi connectivity index (χ2v) is 9.04. The molecule has 0 fully saturated rings. The maximum Gasteiger partial charge on any atom is 0.416 e. The topological polar surface area (TPSA) is 46.2 Å². The zero-order chi connectivity index (χ0) is 21.1. The lowest BCUT2D eigenvalue weighted by atomic mass is 10.00. The van der Waals surface area contributed by atoms with E-state index in [-0.39, 0.29) is 4.90 Å². The van der Waals surface area contributed by atoms with Crippen LogP contribution in [0.4, 0.5) is 13.2 Å². The molecule has 0 aromatic heterocycles. The Labute approximate surface area is 175 Å². The molecule has 8 heteroatoms. The van der Waals surface area contributed by atoms with E-state index in [1.165, 1.54) is 0 Å². The average Bonchev–Trinajstić information content (AvgIpc) is 2.72. The second kappa shape index (κ2) is 8.69. The van der Waals surface area contributed by atoms with Gasteiger partial charge in [-0.05, 0) is 35.4 Å². The molecule has 0 spiro atoms. The van der Waals surface area contributed by atoms with Crippen LogP contribution in [-0.4, -0.2) is 8.42 Å². The number of nitrogens with one attached hydrogen (secondary N) is 1. The SMILES string of the molecule is O=S(=O)(NC(c1ccccc1)[C@@H](Br)c1ccccc1)c1ccc(C(F)(F)F)cc1. The first-order valence-corrected chi connectivity index (χ1v) is 11.0. The van der Waals surface area contributed by atoms with Crippen molar-refractivity contribution < 1.29 is 21.6 Å². The van der Waals surface area contributed by atoms with Crippen LogP contribution in [0, 0.1) is 0 Å². The van der Waals surface area contributed by atoms with Gasteiger partial charge in [0.15, 0.2) is 0 Å². The molecule has 29 heavy (non-hydrogen) atoms. The molecule has 0 radical (unpaired) electrons. The second-order valence-electron chi connectivity index (χ2n) is 6.34. The highest BCUT2D eigenvalue weighted by Crippen LogP contribution is 2.37. The number of halogens is 4. The molecule has 0 aliphatic carbocycles. The van der Waals surface area contributed by atoms with Crippen molar-refractivity contribution in [3.05, 3.63) is 102 Å². The summed E-state index contributed by atoms with van der Waals surface area (Å²) in [5.74, 6) is 0. The van der Waals surface area contributed by atoms with Gasteiger partial charge in [-0.15, -0.1) is 0 Å². The van der Waals surface area contributed by atoms with Gasteiger partial charge in [0.05, 0.1) is 21.3 Å². The van der Waals surface area contributed by atoms with Gasteiger partial charge in [0.2, 0.25) is 10.0 Å². The minimum atomic E-state index is -4.53. The maximum absolute atomic E-state index is 12.9. The first-order valence-electron chi connectivity index (χ1n) is 8.62. The molecule has 3 nitrogen and oxygen atoms in total. The number of sulfonamides is 1. The molecule has 0 amide bonds. The molecule has 0 aliphatic heterocycles. The first-order chi connectivity index (χ1) is 13.7. The molecular formula is C21H17BrF3NO2S. The molecule has 2 atom stereocenters. The Bertz CT molecular complexity index is 1040. The van der Waals surface area contributed by atoms with Gasteiger partial charge in [-0.1, -0.05) is 76.6 Å². The van der Waals surface area contributed by atoms with Crippen molar-refractivity contribution >= 4 is 26.0 Å². The molecule has 0 saturated heterocycles. The third-order valence-electron chi connectivity index (χ3n) is 4.34. The van der Waals surface area contributed by atoms with Crippen molar-refractivity contribution in [1.82, 2.24) is 4.72 Å². The van der Waals surface area contributed by atoms with Crippen LogP contribution in [0.2, 0.25) is 0 Å². The fraction of sp³-hybridized carbons (Fsp3) is 0.143. The lowest BCUT2D eigenvalue weighted by Crippen LogP contribution is -2.31. The Hall–Kier alpha value is -2.16. The maximum atomic E-state index is 12.9. The van der Waals surface area contributed by atoms with E-state index in [9.17, 15) is 21.6 Å². The Balaban J connectivity index is 1.95. The standard InChI is InChI=1S/C21H17BrF3NO2S/c22-19(15-7-3-1-4-8-15)20(16-9-5-2-6-10-16)26-29(27,28)18-13-11-17(12-14-18)21(23,24)25/h1-14,19-20,26H/t19-,20?/m0/s1. The summed E-state index contributed by atoms with van der Waals surface area (Å²) in [4.78, 5) is -0.630. The van der Waals surface area contributed by atoms with Gasteiger partial charge in [-0.25, -0.2) is 13.1 Å². The minimum Gasteiger partial charge on any atom is -0.207 e. The van der Waals surface area contributed by atoms with Crippen molar-refractivity contribution in [2.45, 2.75) is 21.9 Å². The highest BCUT2D eigenvalue weighted by Gasteiger charge is 2.32. The monoisotopic (exact) mass is 483 g/mol. The predicted octanol–water partition coefficient (Wildman–Crippen LogP) is 5.86. The highest BCUT2D eigenvalue weighted by molar-refractivity contribution is 9.09. The Kier molecular flexibility index (Phi) is 6.45. The van der Waals surface area contributed by atoms with E-state index < -0.39 is 32.6 Å². The third kappa shape index (κ3) is 5.26. The molecule has 1 N–H and O–H groups in total. The van der Waals surface area contributed by atoms with Gasteiger partial charge >= 0.3 is 6.18 Å². The van der Waals surface area contributed by atoms with Crippen LogP contribution in [-0.2, 0) is 16.2 Å². The van der Waals surface area contributed by atoms with Crippen LogP contribution in [0.1, 0.15) is 27.6 Å². The smallest absolute Gasteiger partial charge is 0.207 e. The Morgan fingerprint density at radius 1 is 0.759 bits per heavy atom. The van der Waals surface area contributed by atoms with E-state index in [1.807, 2.05) is 36.4 Å². The van der Waals surface area contributed by atoms with Crippen LogP contribution < -0.4 is 4.72 Å². The van der Waals surface area contributed by atoms with E-state index in [2.05, 4.69) is 20.7 Å². The zero-order valence-electron chi connectivity index (χ0n) is 15.0. The quantitative estimate of drug-likeness (QED) is 0.446. The minimum absolute atomic E-state index is 0.237. The van der Waals surface area contributed by atoms with E-state index in [0.717, 1.165) is 29.8 Å². The molecule has 0 aliphatic rings. The largest absolute Gasteiger partial charge is 0.416 e. The average molecular weight is 484 g/mol. The molecule has 3 aromatic rings. The molecule has 0 saturated carbocycles. The predicted molar refractivity (Wildman–Crippen MR) is 109 cm³/mol. The van der Waals surface area contributed by atoms with E-state index in [0.29, 0.717) is 5.56 Å².